The monoisotopic (exact) mass is 289 g/mol. The number of carbonyl (C=O) groups excluding carboxylic acids is 1. The molecule has 0 bridgehead atoms. The third-order valence-corrected chi connectivity index (χ3v) is 4.07. The van der Waals surface area contributed by atoms with Crippen molar-refractivity contribution in [2.45, 2.75) is 45.4 Å². The van der Waals surface area contributed by atoms with Crippen LogP contribution in [0.15, 0.2) is 24.3 Å². The summed E-state index contributed by atoms with van der Waals surface area (Å²) in [7, 11) is 0. The Morgan fingerprint density at radius 2 is 2.05 bits per heavy atom. The van der Waals surface area contributed by atoms with E-state index in [1.165, 1.54) is 19.3 Å². The van der Waals surface area contributed by atoms with Gasteiger partial charge in [-0.15, -0.1) is 0 Å². The van der Waals surface area contributed by atoms with Crippen molar-refractivity contribution in [2.24, 2.45) is 5.92 Å². The molecule has 3 heteroatoms. The van der Waals surface area contributed by atoms with Crippen molar-refractivity contribution >= 4 is 5.78 Å². The molecule has 1 aliphatic heterocycles. The summed E-state index contributed by atoms with van der Waals surface area (Å²) in [6, 6.07) is 7.64. The van der Waals surface area contributed by atoms with E-state index in [1.54, 1.807) is 0 Å². The Hall–Kier alpha value is -1.35. The Balaban J connectivity index is 1.79. The molecule has 0 amide bonds. The summed E-state index contributed by atoms with van der Waals surface area (Å²) < 4.78 is 5.71. The van der Waals surface area contributed by atoms with Crippen LogP contribution in [0.2, 0.25) is 0 Å². The van der Waals surface area contributed by atoms with Gasteiger partial charge in [-0.3, -0.25) is 4.79 Å². The van der Waals surface area contributed by atoms with Gasteiger partial charge in [-0.1, -0.05) is 26.2 Å². The van der Waals surface area contributed by atoms with Crippen molar-refractivity contribution in [3.05, 3.63) is 29.8 Å². The number of piperidine rings is 1. The molecule has 0 saturated carbocycles. The van der Waals surface area contributed by atoms with Gasteiger partial charge in [-0.2, -0.15) is 0 Å². The molecule has 1 aliphatic rings. The first kappa shape index (κ1) is 16.0. The maximum absolute atomic E-state index is 12.4. The third kappa shape index (κ3) is 5.16. The average Bonchev–Trinajstić information content (AvgIpc) is 2.55. The molecule has 0 aliphatic carbocycles. The summed E-state index contributed by atoms with van der Waals surface area (Å²) >= 11 is 0. The highest BCUT2D eigenvalue weighted by molar-refractivity contribution is 5.98. The summed E-state index contributed by atoms with van der Waals surface area (Å²) in [5.74, 6) is 1.26. The minimum absolute atomic E-state index is 0.138. The van der Waals surface area contributed by atoms with Gasteiger partial charge in [0, 0.05) is 18.0 Å². The Labute approximate surface area is 128 Å². The van der Waals surface area contributed by atoms with Crippen molar-refractivity contribution < 1.29 is 9.53 Å². The fourth-order valence-electron chi connectivity index (χ4n) is 2.75. The van der Waals surface area contributed by atoms with E-state index in [9.17, 15) is 4.79 Å². The molecule has 1 atom stereocenters. The Kier molecular flexibility index (Phi) is 6.74. The van der Waals surface area contributed by atoms with E-state index in [4.69, 9.17) is 4.74 Å². The lowest BCUT2D eigenvalue weighted by Gasteiger charge is -2.21. The van der Waals surface area contributed by atoms with Gasteiger partial charge in [-0.05, 0) is 50.1 Å². The number of Topliss-reactive ketones (excluding diaryl/α,β-unsaturated/α-hetero) is 1. The largest absolute Gasteiger partial charge is 0.494 e. The standard InChI is InChI=1S/C18H27NO2/c1-2-3-4-5-13-21-17-10-8-15(9-11-17)18(20)16-7-6-12-19-14-16/h8-11,16,19H,2-7,12-14H2,1H3. The quantitative estimate of drug-likeness (QED) is 0.584. The number of hydrogen-bond acceptors (Lipinski definition) is 3. The van der Waals surface area contributed by atoms with Crippen molar-refractivity contribution in [1.29, 1.82) is 0 Å². The van der Waals surface area contributed by atoms with E-state index in [1.807, 2.05) is 24.3 Å². The lowest BCUT2D eigenvalue weighted by atomic mass is 9.91. The molecule has 1 heterocycles. The topological polar surface area (TPSA) is 38.3 Å². The van der Waals surface area contributed by atoms with Gasteiger partial charge in [0.15, 0.2) is 5.78 Å². The molecule has 0 aromatic heterocycles. The van der Waals surface area contributed by atoms with E-state index in [0.717, 1.165) is 50.3 Å². The van der Waals surface area contributed by atoms with Gasteiger partial charge in [-0.25, -0.2) is 0 Å². The van der Waals surface area contributed by atoms with E-state index in [0.29, 0.717) is 0 Å². The summed E-state index contributed by atoms with van der Waals surface area (Å²) in [6.07, 6.45) is 6.93. The van der Waals surface area contributed by atoms with Gasteiger partial charge >= 0.3 is 0 Å². The van der Waals surface area contributed by atoms with Gasteiger partial charge in [0.25, 0.3) is 0 Å². The second-order valence-electron chi connectivity index (χ2n) is 5.84. The van der Waals surface area contributed by atoms with E-state index in [2.05, 4.69) is 12.2 Å². The second-order valence-corrected chi connectivity index (χ2v) is 5.84. The fraction of sp³-hybridized carbons (Fsp3) is 0.611. The third-order valence-electron chi connectivity index (χ3n) is 4.07. The van der Waals surface area contributed by atoms with E-state index < -0.39 is 0 Å². The molecule has 2 rings (SSSR count). The molecule has 0 radical (unpaired) electrons. The first-order valence-corrected chi connectivity index (χ1v) is 8.29. The highest BCUT2D eigenvalue weighted by Crippen LogP contribution is 2.19. The van der Waals surface area contributed by atoms with Crippen LogP contribution >= 0.6 is 0 Å². The van der Waals surface area contributed by atoms with Crippen molar-refractivity contribution in [3.8, 4) is 5.75 Å². The van der Waals surface area contributed by atoms with Crippen LogP contribution in [0.4, 0.5) is 0 Å². The van der Waals surface area contributed by atoms with Crippen LogP contribution in [0, 0.1) is 5.92 Å². The van der Waals surface area contributed by atoms with E-state index in [-0.39, 0.29) is 11.7 Å². The number of unbranched alkanes of at least 4 members (excludes halogenated alkanes) is 3. The maximum atomic E-state index is 12.4. The fourth-order valence-corrected chi connectivity index (χ4v) is 2.75. The van der Waals surface area contributed by atoms with Crippen LogP contribution in [0.5, 0.6) is 5.75 Å². The molecule has 1 aromatic rings. The molecule has 3 nitrogen and oxygen atoms in total. The number of ether oxygens (including phenoxy) is 1. The molecule has 1 saturated heterocycles. The molecule has 1 fully saturated rings. The maximum Gasteiger partial charge on any atom is 0.167 e. The predicted molar refractivity (Wildman–Crippen MR) is 86.0 cm³/mol. The molecule has 0 spiro atoms. The van der Waals surface area contributed by atoms with Crippen molar-refractivity contribution in [1.82, 2.24) is 5.32 Å². The SMILES string of the molecule is CCCCCCOc1ccc(C(=O)C2CCCNC2)cc1. The lowest BCUT2D eigenvalue weighted by molar-refractivity contribution is 0.0899. The molecular weight excluding hydrogens is 262 g/mol. The smallest absolute Gasteiger partial charge is 0.167 e. The summed E-state index contributed by atoms with van der Waals surface area (Å²) in [5.41, 5.74) is 0.807. The number of carbonyl (C=O) groups is 1. The van der Waals surface area contributed by atoms with E-state index >= 15 is 0 Å². The van der Waals surface area contributed by atoms with Gasteiger partial charge < -0.3 is 10.1 Å². The van der Waals surface area contributed by atoms with Crippen molar-refractivity contribution in [3.63, 3.8) is 0 Å². The lowest BCUT2D eigenvalue weighted by Crippen LogP contribution is -2.34. The first-order chi connectivity index (χ1) is 10.3. The molecule has 21 heavy (non-hydrogen) atoms. The zero-order valence-corrected chi connectivity index (χ0v) is 13.1. The predicted octanol–water partition coefficient (Wildman–Crippen LogP) is 3.83. The van der Waals surface area contributed by atoms with Gasteiger partial charge in [0.1, 0.15) is 5.75 Å². The second kappa shape index (κ2) is 8.83. The number of hydrogen-bond donors (Lipinski definition) is 1. The van der Waals surface area contributed by atoms with Crippen LogP contribution in [-0.2, 0) is 0 Å². The number of benzene rings is 1. The first-order valence-electron chi connectivity index (χ1n) is 8.29. The highest BCUT2D eigenvalue weighted by Gasteiger charge is 2.21. The zero-order chi connectivity index (χ0) is 14.9. The Morgan fingerprint density at radius 3 is 2.71 bits per heavy atom. The minimum atomic E-state index is 0.138. The summed E-state index contributed by atoms with van der Waals surface area (Å²) in [4.78, 5) is 12.4. The van der Waals surface area contributed by atoms with Crippen LogP contribution in [0.1, 0.15) is 55.8 Å². The summed E-state index contributed by atoms with van der Waals surface area (Å²) in [5, 5.41) is 3.30. The van der Waals surface area contributed by atoms with Crippen LogP contribution in [0.3, 0.4) is 0 Å². The summed E-state index contributed by atoms with van der Waals surface area (Å²) in [6.45, 7) is 4.82. The molecular formula is C18H27NO2. The number of rotatable bonds is 8. The average molecular weight is 289 g/mol. The molecule has 1 N–H and O–H groups in total. The number of ketones is 1. The normalized spacial score (nSPS) is 18.4. The molecule has 116 valence electrons. The zero-order valence-electron chi connectivity index (χ0n) is 13.1. The Morgan fingerprint density at radius 1 is 1.24 bits per heavy atom. The van der Waals surface area contributed by atoms with Gasteiger partial charge in [0.05, 0.1) is 6.61 Å². The minimum Gasteiger partial charge on any atom is -0.494 e. The van der Waals surface area contributed by atoms with Crippen LogP contribution < -0.4 is 10.1 Å². The van der Waals surface area contributed by atoms with Gasteiger partial charge in [0.2, 0.25) is 0 Å². The Bertz CT molecular complexity index is 421. The number of nitrogens with one attached hydrogen (secondary N) is 1. The molecule has 1 unspecified atom stereocenters. The van der Waals surface area contributed by atoms with Crippen LogP contribution in [-0.4, -0.2) is 25.5 Å². The molecule has 1 aromatic carbocycles. The van der Waals surface area contributed by atoms with Crippen LogP contribution in [0.25, 0.3) is 0 Å². The highest BCUT2D eigenvalue weighted by atomic mass is 16.5. The van der Waals surface area contributed by atoms with Crippen molar-refractivity contribution in [2.75, 3.05) is 19.7 Å².